The van der Waals surface area contributed by atoms with Gasteiger partial charge in [0, 0.05) is 29.7 Å². The summed E-state index contributed by atoms with van der Waals surface area (Å²) < 4.78 is 0. The highest BCUT2D eigenvalue weighted by Crippen LogP contribution is 2.37. The van der Waals surface area contributed by atoms with Gasteiger partial charge < -0.3 is 10.2 Å². The van der Waals surface area contributed by atoms with Gasteiger partial charge in [0.05, 0.1) is 11.4 Å². The van der Waals surface area contributed by atoms with E-state index in [2.05, 4.69) is 5.32 Å². The molecule has 0 unspecified atom stereocenters. The van der Waals surface area contributed by atoms with Crippen LogP contribution in [0.25, 0.3) is 11.1 Å². The molecule has 0 radical (unpaired) electrons. The Morgan fingerprint density at radius 3 is 2.34 bits per heavy atom. The molecule has 2 amide bonds. The standard InChI is InChI=1S/C24H18N2O3/c27-22-10-5-13-26(22)21-9-4-3-8-20(21)25-24(29)15-11-12-17-16-6-1-2-7-18(16)23(28)19(17)14-15/h1-4,6-9,11-12,14H,5,10,13H2,(H,25,29). The van der Waals surface area contributed by atoms with Crippen molar-refractivity contribution in [3.8, 4) is 11.1 Å². The number of hydrogen-bond donors (Lipinski definition) is 1. The summed E-state index contributed by atoms with van der Waals surface area (Å²) in [6, 6.07) is 20.0. The molecule has 2 aliphatic rings. The number of nitrogens with zero attached hydrogens (tertiary/aromatic N) is 1. The molecule has 5 rings (SSSR count). The van der Waals surface area contributed by atoms with Gasteiger partial charge in [0.25, 0.3) is 5.91 Å². The molecule has 3 aromatic carbocycles. The van der Waals surface area contributed by atoms with Crippen LogP contribution in [-0.2, 0) is 4.79 Å². The van der Waals surface area contributed by atoms with E-state index in [0.717, 1.165) is 17.5 Å². The first-order chi connectivity index (χ1) is 14.1. The number of ketones is 1. The van der Waals surface area contributed by atoms with Crippen molar-refractivity contribution in [1.29, 1.82) is 0 Å². The number of fused-ring (bicyclic) bond motifs is 3. The number of amides is 2. The molecule has 0 saturated carbocycles. The Balaban J connectivity index is 1.45. The quantitative estimate of drug-likeness (QED) is 0.575. The zero-order chi connectivity index (χ0) is 20.0. The van der Waals surface area contributed by atoms with Crippen LogP contribution in [0.2, 0.25) is 0 Å². The van der Waals surface area contributed by atoms with Gasteiger partial charge in [0.1, 0.15) is 0 Å². The minimum atomic E-state index is -0.310. The third-order valence-corrected chi connectivity index (χ3v) is 5.50. The number of anilines is 2. The van der Waals surface area contributed by atoms with Crippen molar-refractivity contribution in [3.05, 3.63) is 83.4 Å². The van der Waals surface area contributed by atoms with Crippen LogP contribution < -0.4 is 10.2 Å². The maximum atomic E-state index is 12.9. The Morgan fingerprint density at radius 2 is 1.55 bits per heavy atom. The van der Waals surface area contributed by atoms with E-state index < -0.39 is 0 Å². The predicted octanol–water partition coefficient (Wildman–Crippen LogP) is 4.28. The number of benzene rings is 3. The van der Waals surface area contributed by atoms with Gasteiger partial charge in [-0.05, 0) is 41.8 Å². The average Bonchev–Trinajstić information content (AvgIpc) is 3.30. The molecule has 0 aromatic heterocycles. The van der Waals surface area contributed by atoms with Crippen molar-refractivity contribution in [2.75, 3.05) is 16.8 Å². The Labute approximate surface area is 168 Å². The molecule has 5 nitrogen and oxygen atoms in total. The summed E-state index contributed by atoms with van der Waals surface area (Å²) in [7, 11) is 0. The summed E-state index contributed by atoms with van der Waals surface area (Å²) in [5.41, 5.74) is 4.66. The number of hydrogen-bond acceptors (Lipinski definition) is 3. The van der Waals surface area contributed by atoms with Crippen molar-refractivity contribution in [1.82, 2.24) is 0 Å². The van der Waals surface area contributed by atoms with Gasteiger partial charge in [-0.2, -0.15) is 0 Å². The maximum Gasteiger partial charge on any atom is 0.255 e. The van der Waals surface area contributed by atoms with E-state index >= 15 is 0 Å². The van der Waals surface area contributed by atoms with Crippen LogP contribution in [0.4, 0.5) is 11.4 Å². The van der Waals surface area contributed by atoms with Crippen LogP contribution in [0, 0.1) is 0 Å². The molecule has 1 aliphatic carbocycles. The summed E-state index contributed by atoms with van der Waals surface area (Å²) in [4.78, 5) is 39.5. The Bertz CT molecular complexity index is 1180. The Morgan fingerprint density at radius 1 is 0.828 bits per heavy atom. The highest BCUT2D eigenvalue weighted by Gasteiger charge is 2.28. The van der Waals surface area contributed by atoms with E-state index in [1.807, 2.05) is 42.5 Å². The van der Waals surface area contributed by atoms with Crippen molar-refractivity contribution < 1.29 is 14.4 Å². The van der Waals surface area contributed by atoms with Gasteiger partial charge in [-0.1, -0.05) is 42.5 Å². The largest absolute Gasteiger partial charge is 0.320 e. The lowest BCUT2D eigenvalue weighted by molar-refractivity contribution is -0.117. The van der Waals surface area contributed by atoms with Crippen molar-refractivity contribution >= 4 is 29.0 Å². The molecule has 1 aliphatic heterocycles. The summed E-state index contributed by atoms with van der Waals surface area (Å²) in [5.74, 6) is -0.309. The maximum absolute atomic E-state index is 12.9. The average molecular weight is 382 g/mol. The van der Waals surface area contributed by atoms with Crippen molar-refractivity contribution in [3.63, 3.8) is 0 Å². The molecule has 29 heavy (non-hydrogen) atoms. The minimum Gasteiger partial charge on any atom is -0.320 e. The summed E-state index contributed by atoms with van der Waals surface area (Å²) in [6.07, 6.45) is 1.34. The van der Waals surface area contributed by atoms with Gasteiger partial charge in [-0.3, -0.25) is 14.4 Å². The molecule has 5 heteroatoms. The predicted molar refractivity (Wildman–Crippen MR) is 111 cm³/mol. The van der Waals surface area contributed by atoms with Gasteiger partial charge in [0.2, 0.25) is 5.91 Å². The van der Waals surface area contributed by atoms with E-state index in [0.29, 0.717) is 41.0 Å². The lowest BCUT2D eigenvalue weighted by atomic mass is 10.0. The number of carbonyl (C=O) groups is 3. The summed E-state index contributed by atoms with van der Waals surface area (Å²) in [6.45, 7) is 0.650. The van der Waals surface area contributed by atoms with Crippen molar-refractivity contribution in [2.45, 2.75) is 12.8 Å². The zero-order valence-corrected chi connectivity index (χ0v) is 15.6. The molecule has 0 spiro atoms. The van der Waals surface area contributed by atoms with Crippen molar-refractivity contribution in [2.24, 2.45) is 0 Å². The number of carbonyl (C=O) groups excluding carboxylic acids is 3. The molecule has 0 atom stereocenters. The molecule has 0 bridgehead atoms. The smallest absolute Gasteiger partial charge is 0.255 e. The van der Waals surface area contributed by atoms with Gasteiger partial charge in [0.15, 0.2) is 5.78 Å². The van der Waals surface area contributed by atoms with Crippen LogP contribution in [0.3, 0.4) is 0 Å². The molecular formula is C24H18N2O3. The second-order valence-electron chi connectivity index (χ2n) is 7.26. The fourth-order valence-electron chi connectivity index (χ4n) is 4.08. The normalized spacial score (nSPS) is 14.7. The summed E-state index contributed by atoms with van der Waals surface area (Å²) in [5, 5.41) is 2.91. The van der Waals surface area contributed by atoms with Gasteiger partial charge >= 0.3 is 0 Å². The SMILES string of the molecule is O=C(Nc1ccccc1N1CCCC1=O)c1ccc2c(c1)C(=O)c1ccccc1-2. The Hall–Kier alpha value is -3.73. The van der Waals surface area contributed by atoms with Gasteiger partial charge in [-0.15, -0.1) is 0 Å². The van der Waals surface area contributed by atoms with Crippen LogP contribution in [0.1, 0.15) is 39.1 Å². The zero-order valence-electron chi connectivity index (χ0n) is 15.6. The monoisotopic (exact) mass is 382 g/mol. The van der Waals surface area contributed by atoms with Gasteiger partial charge in [-0.25, -0.2) is 0 Å². The first-order valence-corrected chi connectivity index (χ1v) is 9.62. The van der Waals surface area contributed by atoms with Crippen LogP contribution in [-0.4, -0.2) is 24.1 Å². The second-order valence-corrected chi connectivity index (χ2v) is 7.26. The minimum absolute atomic E-state index is 0.0617. The molecule has 142 valence electrons. The molecule has 1 N–H and O–H groups in total. The number of para-hydroxylation sites is 2. The van der Waals surface area contributed by atoms with Crippen LogP contribution >= 0.6 is 0 Å². The van der Waals surface area contributed by atoms with E-state index in [4.69, 9.17) is 0 Å². The lowest BCUT2D eigenvalue weighted by Crippen LogP contribution is -2.25. The van der Waals surface area contributed by atoms with Crippen LogP contribution in [0.5, 0.6) is 0 Å². The molecule has 1 heterocycles. The second kappa shape index (κ2) is 6.71. The molecule has 1 fully saturated rings. The fraction of sp³-hybridized carbons (Fsp3) is 0.125. The topological polar surface area (TPSA) is 66.5 Å². The first kappa shape index (κ1) is 17.4. The van der Waals surface area contributed by atoms with E-state index in [1.165, 1.54) is 0 Å². The first-order valence-electron chi connectivity index (χ1n) is 9.62. The molecule has 1 saturated heterocycles. The third kappa shape index (κ3) is 2.83. The number of rotatable bonds is 3. The number of nitrogens with one attached hydrogen (secondary N) is 1. The van der Waals surface area contributed by atoms with E-state index in [-0.39, 0.29) is 17.6 Å². The fourth-order valence-corrected chi connectivity index (χ4v) is 4.08. The summed E-state index contributed by atoms with van der Waals surface area (Å²) >= 11 is 0. The highest BCUT2D eigenvalue weighted by molar-refractivity contribution is 6.22. The lowest BCUT2D eigenvalue weighted by Gasteiger charge is -2.20. The molecule has 3 aromatic rings. The molecular weight excluding hydrogens is 364 g/mol. The Kier molecular flexibility index (Phi) is 4.02. The van der Waals surface area contributed by atoms with Crippen LogP contribution in [0.15, 0.2) is 66.7 Å². The highest BCUT2D eigenvalue weighted by atomic mass is 16.2. The van der Waals surface area contributed by atoms with E-state index in [1.54, 1.807) is 29.2 Å². The third-order valence-electron chi connectivity index (χ3n) is 5.50. The van der Waals surface area contributed by atoms with E-state index in [9.17, 15) is 14.4 Å².